The summed E-state index contributed by atoms with van der Waals surface area (Å²) in [4.78, 5) is 19.7. The van der Waals surface area contributed by atoms with Crippen molar-refractivity contribution in [2.45, 2.75) is 33.7 Å². The highest BCUT2D eigenvalue weighted by atomic mass is 35.5. The lowest BCUT2D eigenvalue weighted by atomic mass is 10.1. The number of benzene rings is 2. The van der Waals surface area contributed by atoms with Crippen LogP contribution in [0.15, 0.2) is 42.5 Å². The number of aryl methyl sites for hydroxylation is 3. The lowest BCUT2D eigenvalue weighted by molar-refractivity contribution is -0.118. The van der Waals surface area contributed by atoms with E-state index >= 15 is 0 Å². The van der Waals surface area contributed by atoms with Gasteiger partial charge in [0.15, 0.2) is 5.13 Å². The van der Waals surface area contributed by atoms with Gasteiger partial charge in [0.05, 0.1) is 28.9 Å². The van der Waals surface area contributed by atoms with Gasteiger partial charge in [0.25, 0.3) is 0 Å². The van der Waals surface area contributed by atoms with Crippen molar-refractivity contribution in [1.29, 1.82) is 0 Å². The van der Waals surface area contributed by atoms with Gasteiger partial charge < -0.3 is 0 Å². The molecule has 160 valence electrons. The average Bonchev–Trinajstić information content (AvgIpc) is 3.26. The molecule has 0 N–H and O–H groups in total. The second kappa shape index (κ2) is 8.77. The summed E-state index contributed by atoms with van der Waals surface area (Å²) in [5, 5.41) is 5.76. The lowest BCUT2D eigenvalue weighted by Gasteiger charge is -2.20. The Morgan fingerprint density at radius 1 is 1.16 bits per heavy atom. The highest BCUT2D eigenvalue weighted by Gasteiger charge is 2.21. The molecule has 2 aromatic heterocycles. The number of hydrogen-bond acceptors (Lipinski definition) is 4. The fourth-order valence-corrected chi connectivity index (χ4v) is 5.02. The topological polar surface area (TPSA) is 51.0 Å². The number of carbonyl (C=O) groups excluding carboxylic acids is 1. The molecule has 0 bridgehead atoms. The molecule has 0 atom stereocenters. The number of aromatic nitrogens is 3. The molecule has 0 spiro atoms. The molecule has 1 amide bonds. The van der Waals surface area contributed by atoms with Gasteiger partial charge in [-0.3, -0.25) is 14.4 Å². The summed E-state index contributed by atoms with van der Waals surface area (Å²) in [6.07, 6.45) is 0.160. The van der Waals surface area contributed by atoms with Gasteiger partial charge in [0.2, 0.25) is 5.91 Å². The molecule has 5 nitrogen and oxygen atoms in total. The first kappa shape index (κ1) is 21.5. The van der Waals surface area contributed by atoms with Crippen LogP contribution in [0.2, 0.25) is 5.02 Å². The van der Waals surface area contributed by atoms with Gasteiger partial charge in [0.1, 0.15) is 5.82 Å². The monoisotopic (exact) mass is 456 g/mol. The molecule has 4 aromatic rings. The Balaban J connectivity index is 1.65. The molecule has 0 unspecified atom stereocenters. The van der Waals surface area contributed by atoms with Crippen molar-refractivity contribution in [2.75, 3.05) is 11.4 Å². The Hall–Kier alpha value is -2.77. The minimum atomic E-state index is -0.323. The van der Waals surface area contributed by atoms with E-state index in [4.69, 9.17) is 16.6 Å². The molecule has 31 heavy (non-hydrogen) atoms. The summed E-state index contributed by atoms with van der Waals surface area (Å²) in [5.74, 6) is -0.424. The number of anilines is 1. The molecule has 4 rings (SSSR count). The zero-order valence-electron chi connectivity index (χ0n) is 17.5. The number of carbonyl (C=O) groups is 1. The molecule has 2 heterocycles. The minimum Gasteiger partial charge on any atom is -0.286 e. The second-order valence-electron chi connectivity index (χ2n) is 7.56. The standard InChI is InChI=1S/C23H22ClFN4OS/c1-14-10-18(24)13-20-22(14)26-23(31-20)28(8-9-29-16(3)11-15(2)27-29)21(30)12-17-4-6-19(25)7-5-17/h4-7,10-11,13H,8-9,12H2,1-3H3. The Bertz CT molecular complexity index is 1250. The van der Waals surface area contributed by atoms with Crippen molar-refractivity contribution in [3.63, 3.8) is 0 Å². The normalized spacial score (nSPS) is 11.3. The van der Waals surface area contributed by atoms with Crippen LogP contribution in [0.25, 0.3) is 10.2 Å². The molecule has 0 aliphatic carbocycles. The molecular formula is C23H22ClFN4OS. The zero-order valence-corrected chi connectivity index (χ0v) is 19.1. The Morgan fingerprint density at radius 2 is 1.90 bits per heavy atom. The van der Waals surface area contributed by atoms with Gasteiger partial charge in [-0.05, 0) is 62.2 Å². The fourth-order valence-electron chi connectivity index (χ4n) is 3.55. The number of halogens is 2. The molecule has 0 radical (unpaired) electrons. The van der Waals surface area contributed by atoms with Crippen LogP contribution in [0, 0.1) is 26.6 Å². The van der Waals surface area contributed by atoms with E-state index in [1.54, 1.807) is 17.0 Å². The van der Waals surface area contributed by atoms with Crippen LogP contribution in [-0.2, 0) is 17.8 Å². The zero-order chi connectivity index (χ0) is 22.1. The third kappa shape index (κ3) is 4.78. The van der Waals surface area contributed by atoms with E-state index in [1.165, 1.54) is 23.5 Å². The van der Waals surface area contributed by atoms with Crippen molar-refractivity contribution in [2.24, 2.45) is 0 Å². The first-order valence-corrected chi connectivity index (χ1v) is 11.1. The van der Waals surface area contributed by atoms with Gasteiger partial charge in [-0.2, -0.15) is 5.10 Å². The predicted octanol–water partition coefficient (Wildman–Crippen LogP) is 5.49. The quantitative estimate of drug-likeness (QED) is 0.385. The van der Waals surface area contributed by atoms with E-state index < -0.39 is 0 Å². The van der Waals surface area contributed by atoms with Crippen LogP contribution in [0.4, 0.5) is 9.52 Å². The maximum Gasteiger partial charge on any atom is 0.233 e. The van der Waals surface area contributed by atoms with Gasteiger partial charge in [-0.15, -0.1) is 0 Å². The van der Waals surface area contributed by atoms with Crippen molar-refractivity contribution in [3.8, 4) is 0 Å². The first-order valence-electron chi connectivity index (χ1n) is 9.92. The Kier molecular flexibility index (Phi) is 6.07. The molecular weight excluding hydrogens is 435 g/mol. The summed E-state index contributed by atoms with van der Waals surface area (Å²) in [6.45, 7) is 6.87. The average molecular weight is 457 g/mol. The third-order valence-electron chi connectivity index (χ3n) is 5.08. The number of amides is 1. The van der Waals surface area contributed by atoms with Crippen LogP contribution < -0.4 is 4.90 Å². The van der Waals surface area contributed by atoms with Gasteiger partial charge in [0, 0.05) is 17.3 Å². The molecule has 0 aliphatic heterocycles. The van der Waals surface area contributed by atoms with Crippen LogP contribution in [0.3, 0.4) is 0 Å². The summed E-state index contributed by atoms with van der Waals surface area (Å²) in [6, 6.07) is 11.7. The van der Waals surface area contributed by atoms with Crippen molar-refractivity contribution >= 4 is 44.2 Å². The van der Waals surface area contributed by atoms with Crippen LogP contribution >= 0.6 is 22.9 Å². The van der Waals surface area contributed by atoms with Gasteiger partial charge >= 0.3 is 0 Å². The smallest absolute Gasteiger partial charge is 0.233 e. The molecule has 0 fully saturated rings. The highest BCUT2D eigenvalue weighted by molar-refractivity contribution is 7.22. The van der Waals surface area contributed by atoms with Crippen molar-refractivity contribution in [1.82, 2.24) is 14.8 Å². The molecule has 8 heteroatoms. The number of fused-ring (bicyclic) bond motifs is 1. The summed E-state index contributed by atoms with van der Waals surface area (Å²) < 4.78 is 16.1. The van der Waals surface area contributed by atoms with E-state index in [1.807, 2.05) is 43.7 Å². The van der Waals surface area contributed by atoms with Crippen LogP contribution in [0.5, 0.6) is 0 Å². The first-order chi connectivity index (χ1) is 14.8. The number of hydrogen-bond donors (Lipinski definition) is 0. The maximum absolute atomic E-state index is 13.3. The van der Waals surface area contributed by atoms with Gasteiger partial charge in [-0.25, -0.2) is 9.37 Å². The van der Waals surface area contributed by atoms with E-state index in [0.29, 0.717) is 23.2 Å². The summed E-state index contributed by atoms with van der Waals surface area (Å²) in [5.41, 5.74) is 4.54. The number of nitrogens with zero attached hydrogens (tertiary/aromatic N) is 4. The minimum absolute atomic E-state index is 0.101. The van der Waals surface area contributed by atoms with E-state index in [0.717, 1.165) is 32.7 Å². The summed E-state index contributed by atoms with van der Waals surface area (Å²) >= 11 is 7.65. The Morgan fingerprint density at radius 3 is 2.58 bits per heavy atom. The second-order valence-corrected chi connectivity index (χ2v) is 9.01. The largest absolute Gasteiger partial charge is 0.286 e. The fraction of sp³-hybridized carbons (Fsp3) is 0.261. The SMILES string of the molecule is Cc1cc(C)n(CCN(C(=O)Cc2ccc(F)cc2)c2nc3c(C)cc(Cl)cc3s2)n1. The van der Waals surface area contributed by atoms with Crippen molar-refractivity contribution in [3.05, 3.63) is 75.8 Å². The molecule has 0 saturated carbocycles. The predicted molar refractivity (Wildman–Crippen MR) is 124 cm³/mol. The molecule has 0 saturated heterocycles. The van der Waals surface area contributed by atoms with E-state index in [2.05, 4.69) is 5.10 Å². The Labute approximate surface area is 189 Å². The highest BCUT2D eigenvalue weighted by Crippen LogP contribution is 2.33. The number of rotatable bonds is 6. The van der Waals surface area contributed by atoms with Crippen LogP contribution in [-0.4, -0.2) is 27.2 Å². The van der Waals surface area contributed by atoms with Gasteiger partial charge in [-0.1, -0.05) is 35.1 Å². The van der Waals surface area contributed by atoms with Crippen molar-refractivity contribution < 1.29 is 9.18 Å². The van der Waals surface area contributed by atoms with Crippen LogP contribution in [0.1, 0.15) is 22.5 Å². The molecule has 2 aromatic carbocycles. The van der Waals surface area contributed by atoms with E-state index in [-0.39, 0.29) is 18.1 Å². The number of thiazole rings is 1. The van der Waals surface area contributed by atoms with E-state index in [9.17, 15) is 9.18 Å². The lowest BCUT2D eigenvalue weighted by Crippen LogP contribution is -2.35. The summed E-state index contributed by atoms with van der Waals surface area (Å²) in [7, 11) is 0. The third-order valence-corrected chi connectivity index (χ3v) is 6.32. The molecule has 0 aliphatic rings. The maximum atomic E-state index is 13.3.